The summed E-state index contributed by atoms with van der Waals surface area (Å²) in [4.78, 5) is -0.328. The molecule has 0 unspecified atom stereocenters. The Kier molecular flexibility index (Phi) is 3.77. The van der Waals surface area contributed by atoms with Crippen molar-refractivity contribution in [1.82, 2.24) is 4.72 Å². The monoisotopic (exact) mass is 302 g/mol. The summed E-state index contributed by atoms with van der Waals surface area (Å²) < 4.78 is 49.1. The number of sulfonamides is 2. The van der Waals surface area contributed by atoms with Crippen molar-refractivity contribution in [3.63, 3.8) is 0 Å². The van der Waals surface area contributed by atoms with Gasteiger partial charge < -0.3 is 0 Å². The molecule has 1 aliphatic rings. The first-order valence-corrected chi connectivity index (χ1v) is 8.62. The Morgan fingerprint density at radius 1 is 1.05 bits per heavy atom. The van der Waals surface area contributed by atoms with Crippen LogP contribution in [0.2, 0.25) is 0 Å². The van der Waals surface area contributed by atoms with Gasteiger partial charge in [0.15, 0.2) is 0 Å². The maximum atomic E-state index is 12.1. The average Bonchev–Trinajstić information content (AvgIpc) is 2.80. The number of nitrogens with one attached hydrogen (secondary N) is 1. The van der Waals surface area contributed by atoms with Crippen LogP contribution in [0.4, 0.5) is 0 Å². The van der Waals surface area contributed by atoms with E-state index in [1.807, 2.05) is 12.2 Å². The van der Waals surface area contributed by atoms with E-state index in [0.29, 0.717) is 12.8 Å². The summed E-state index contributed by atoms with van der Waals surface area (Å²) in [6.45, 7) is 0. The van der Waals surface area contributed by atoms with Crippen LogP contribution in [0.3, 0.4) is 0 Å². The van der Waals surface area contributed by atoms with Gasteiger partial charge in [-0.3, -0.25) is 0 Å². The lowest BCUT2D eigenvalue weighted by Gasteiger charge is -2.13. The summed E-state index contributed by atoms with van der Waals surface area (Å²) in [6.07, 6.45) is 5.06. The number of primary sulfonamides is 1. The van der Waals surface area contributed by atoms with Gasteiger partial charge in [-0.05, 0) is 31.0 Å². The van der Waals surface area contributed by atoms with E-state index < -0.39 is 20.0 Å². The molecule has 0 saturated heterocycles. The zero-order chi connectivity index (χ0) is 14.1. The van der Waals surface area contributed by atoms with Crippen molar-refractivity contribution in [2.24, 2.45) is 5.14 Å². The molecule has 2 rings (SSSR count). The van der Waals surface area contributed by atoms with Crippen LogP contribution < -0.4 is 9.86 Å². The molecule has 1 aliphatic carbocycles. The molecule has 0 aromatic heterocycles. The second kappa shape index (κ2) is 5.04. The largest absolute Gasteiger partial charge is 0.240 e. The van der Waals surface area contributed by atoms with Gasteiger partial charge in [0.05, 0.1) is 9.79 Å². The van der Waals surface area contributed by atoms with Crippen LogP contribution in [0.5, 0.6) is 0 Å². The third-order valence-corrected chi connectivity index (χ3v) is 5.20. The number of hydrogen-bond donors (Lipinski definition) is 2. The molecule has 8 heteroatoms. The molecule has 104 valence electrons. The standard InChI is InChI=1S/C11H14N2O4S2/c12-18(14,15)10-6-3-7-11(8-10)19(16,17)13-9-4-1-2-5-9/h1-3,6-9,13H,4-5H2,(H2,12,14,15). The van der Waals surface area contributed by atoms with Crippen molar-refractivity contribution < 1.29 is 16.8 Å². The highest BCUT2D eigenvalue weighted by molar-refractivity contribution is 7.90. The van der Waals surface area contributed by atoms with Gasteiger partial charge in [-0.1, -0.05) is 18.2 Å². The number of nitrogens with two attached hydrogens (primary N) is 1. The molecular formula is C11H14N2O4S2. The fourth-order valence-corrected chi connectivity index (χ4v) is 3.76. The van der Waals surface area contributed by atoms with Crippen molar-refractivity contribution in [1.29, 1.82) is 0 Å². The number of rotatable bonds is 4. The second-order valence-corrected chi connectivity index (χ2v) is 7.56. The first kappa shape index (κ1) is 14.2. The predicted octanol–water partition coefficient (Wildman–Crippen LogP) is 0.331. The zero-order valence-electron chi connectivity index (χ0n) is 9.98. The summed E-state index contributed by atoms with van der Waals surface area (Å²) in [5.41, 5.74) is 0. The maximum Gasteiger partial charge on any atom is 0.240 e. The highest BCUT2D eigenvalue weighted by Gasteiger charge is 2.22. The van der Waals surface area contributed by atoms with E-state index in [2.05, 4.69) is 4.72 Å². The highest BCUT2D eigenvalue weighted by atomic mass is 32.2. The van der Waals surface area contributed by atoms with Gasteiger partial charge in [0, 0.05) is 6.04 Å². The predicted molar refractivity (Wildman–Crippen MR) is 70.3 cm³/mol. The SMILES string of the molecule is NS(=O)(=O)c1cccc(S(=O)(=O)NC2CC=CC2)c1. The van der Waals surface area contributed by atoms with Crippen LogP contribution in [0, 0.1) is 0 Å². The highest BCUT2D eigenvalue weighted by Crippen LogP contribution is 2.17. The Labute approximate surface area is 112 Å². The van der Waals surface area contributed by atoms with Crippen molar-refractivity contribution in [2.45, 2.75) is 28.7 Å². The molecule has 6 nitrogen and oxygen atoms in total. The van der Waals surface area contributed by atoms with Gasteiger partial charge in [-0.25, -0.2) is 26.7 Å². The molecule has 0 spiro atoms. The van der Waals surface area contributed by atoms with E-state index in [4.69, 9.17) is 5.14 Å². The first-order chi connectivity index (χ1) is 8.79. The van der Waals surface area contributed by atoms with Crippen LogP contribution in [-0.4, -0.2) is 22.9 Å². The normalized spacial score (nSPS) is 16.9. The van der Waals surface area contributed by atoms with Gasteiger partial charge in [-0.2, -0.15) is 0 Å². The first-order valence-electron chi connectivity index (χ1n) is 5.59. The van der Waals surface area contributed by atoms with E-state index in [0.717, 1.165) is 6.07 Å². The fourth-order valence-electron chi connectivity index (χ4n) is 1.82. The van der Waals surface area contributed by atoms with Gasteiger partial charge in [0.1, 0.15) is 0 Å². The fraction of sp³-hybridized carbons (Fsp3) is 0.273. The smallest absolute Gasteiger partial charge is 0.225 e. The lowest BCUT2D eigenvalue weighted by Crippen LogP contribution is -2.33. The van der Waals surface area contributed by atoms with Gasteiger partial charge >= 0.3 is 0 Å². The van der Waals surface area contributed by atoms with Crippen LogP contribution >= 0.6 is 0 Å². The summed E-state index contributed by atoms with van der Waals surface area (Å²) in [7, 11) is -7.65. The molecule has 3 N–H and O–H groups in total. The summed E-state index contributed by atoms with van der Waals surface area (Å²) in [5.74, 6) is 0. The Hall–Kier alpha value is -1.22. The third kappa shape index (κ3) is 3.41. The van der Waals surface area contributed by atoms with E-state index in [-0.39, 0.29) is 15.8 Å². The van der Waals surface area contributed by atoms with Crippen LogP contribution in [0.15, 0.2) is 46.2 Å². The molecule has 0 amide bonds. The van der Waals surface area contributed by atoms with Crippen molar-refractivity contribution >= 4 is 20.0 Å². The molecule has 0 aliphatic heterocycles. The summed E-state index contributed by atoms with van der Waals surface area (Å²) in [5, 5.41) is 4.98. The quantitative estimate of drug-likeness (QED) is 0.782. The lowest BCUT2D eigenvalue weighted by atomic mass is 10.3. The molecule has 0 heterocycles. The molecule has 1 aromatic rings. The zero-order valence-corrected chi connectivity index (χ0v) is 11.6. The van der Waals surface area contributed by atoms with Crippen LogP contribution in [0.25, 0.3) is 0 Å². The number of hydrogen-bond acceptors (Lipinski definition) is 4. The van der Waals surface area contributed by atoms with Crippen LogP contribution in [0.1, 0.15) is 12.8 Å². The second-order valence-electron chi connectivity index (χ2n) is 4.28. The Balaban J connectivity index is 2.30. The van der Waals surface area contributed by atoms with Gasteiger partial charge in [-0.15, -0.1) is 0 Å². The van der Waals surface area contributed by atoms with E-state index >= 15 is 0 Å². The summed E-state index contributed by atoms with van der Waals surface area (Å²) >= 11 is 0. The topological polar surface area (TPSA) is 106 Å². The molecule has 0 radical (unpaired) electrons. The molecule has 0 saturated carbocycles. The molecule has 0 bridgehead atoms. The number of benzene rings is 1. The minimum Gasteiger partial charge on any atom is -0.225 e. The van der Waals surface area contributed by atoms with E-state index in [9.17, 15) is 16.8 Å². The molecule has 0 fully saturated rings. The molecule has 19 heavy (non-hydrogen) atoms. The van der Waals surface area contributed by atoms with Gasteiger partial charge in [0.25, 0.3) is 0 Å². The van der Waals surface area contributed by atoms with Gasteiger partial charge in [0.2, 0.25) is 20.0 Å². The third-order valence-electron chi connectivity index (χ3n) is 2.77. The Morgan fingerprint density at radius 2 is 1.63 bits per heavy atom. The van der Waals surface area contributed by atoms with Crippen molar-refractivity contribution in [3.05, 3.63) is 36.4 Å². The average molecular weight is 302 g/mol. The Bertz CT molecular complexity index is 700. The molecule has 1 aromatic carbocycles. The lowest BCUT2D eigenvalue weighted by molar-refractivity contribution is 0.557. The van der Waals surface area contributed by atoms with E-state index in [1.54, 1.807) is 0 Å². The van der Waals surface area contributed by atoms with E-state index in [1.165, 1.54) is 18.2 Å². The minimum absolute atomic E-state index is 0.106. The minimum atomic E-state index is -3.92. The van der Waals surface area contributed by atoms with Crippen molar-refractivity contribution in [3.8, 4) is 0 Å². The van der Waals surface area contributed by atoms with Crippen molar-refractivity contribution in [2.75, 3.05) is 0 Å². The molecule has 0 atom stereocenters. The molecular weight excluding hydrogens is 288 g/mol. The Morgan fingerprint density at radius 3 is 2.21 bits per heavy atom. The van der Waals surface area contributed by atoms with Crippen LogP contribution in [-0.2, 0) is 20.0 Å². The maximum absolute atomic E-state index is 12.1. The summed E-state index contributed by atoms with van der Waals surface area (Å²) in [6, 6.07) is 4.81.